The Balaban J connectivity index is 3.15. The number of unbranched alkanes of at least 4 members (excludes halogenated alkanes) is 7. The van der Waals surface area contributed by atoms with Crippen molar-refractivity contribution in [3.8, 4) is 0 Å². The molecule has 0 aliphatic heterocycles. The van der Waals surface area contributed by atoms with Crippen LogP contribution in [0.15, 0.2) is 36.5 Å². The van der Waals surface area contributed by atoms with Gasteiger partial charge in [0.25, 0.3) is 0 Å². The summed E-state index contributed by atoms with van der Waals surface area (Å²) >= 11 is 2.00. The van der Waals surface area contributed by atoms with E-state index in [1.54, 1.807) is 0 Å². The molecule has 21 heavy (non-hydrogen) atoms. The summed E-state index contributed by atoms with van der Waals surface area (Å²) in [6.07, 6.45) is 27.0. The summed E-state index contributed by atoms with van der Waals surface area (Å²) in [5.74, 6) is 2.42. The predicted octanol–water partition coefficient (Wildman–Crippen LogP) is 7.33. The van der Waals surface area contributed by atoms with E-state index in [0.29, 0.717) is 0 Å². The highest BCUT2D eigenvalue weighted by Crippen LogP contribution is 2.07. The molecule has 0 heterocycles. The normalized spacial score (nSPS) is 12.3. The Labute approximate surface area is 138 Å². The van der Waals surface area contributed by atoms with Gasteiger partial charge >= 0.3 is 0 Å². The van der Waals surface area contributed by atoms with Crippen LogP contribution in [0.25, 0.3) is 0 Å². The molecule has 0 fully saturated rings. The van der Waals surface area contributed by atoms with Crippen LogP contribution in [0.1, 0.15) is 78.1 Å². The number of thioether (sulfide) groups is 1. The maximum atomic E-state index is 2.38. The summed E-state index contributed by atoms with van der Waals surface area (Å²) in [4.78, 5) is 0. The quantitative estimate of drug-likeness (QED) is 0.225. The van der Waals surface area contributed by atoms with Gasteiger partial charge in [-0.3, -0.25) is 0 Å². The monoisotopic (exact) mass is 308 g/mol. The molecule has 0 aliphatic carbocycles. The van der Waals surface area contributed by atoms with E-state index < -0.39 is 0 Å². The molecule has 0 aromatic heterocycles. The molecule has 0 spiro atoms. The van der Waals surface area contributed by atoms with Crippen molar-refractivity contribution in [3.05, 3.63) is 36.5 Å². The Bertz CT molecular complexity index is 263. The zero-order chi connectivity index (χ0) is 15.4. The Morgan fingerprint density at radius 1 is 0.571 bits per heavy atom. The van der Waals surface area contributed by atoms with Gasteiger partial charge in [0, 0.05) is 5.75 Å². The first kappa shape index (κ1) is 20.6. The van der Waals surface area contributed by atoms with Gasteiger partial charge in [0.2, 0.25) is 0 Å². The van der Waals surface area contributed by atoms with E-state index in [0.717, 1.165) is 0 Å². The number of hydrogen-bond acceptors (Lipinski definition) is 1. The Morgan fingerprint density at radius 3 is 1.57 bits per heavy atom. The van der Waals surface area contributed by atoms with Crippen LogP contribution in [0.2, 0.25) is 0 Å². The smallest absolute Gasteiger partial charge is 0.0113 e. The van der Waals surface area contributed by atoms with Crippen LogP contribution in [0.3, 0.4) is 0 Å². The molecular formula is C20H36S. The third-order valence-electron chi connectivity index (χ3n) is 3.39. The second-order valence-corrected chi connectivity index (χ2v) is 6.72. The molecule has 122 valence electrons. The maximum absolute atomic E-state index is 2.38. The van der Waals surface area contributed by atoms with Gasteiger partial charge in [0.15, 0.2) is 0 Å². The van der Waals surface area contributed by atoms with Crippen LogP contribution in [0.5, 0.6) is 0 Å². The highest BCUT2D eigenvalue weighted by Gasteiger charge is 1.87. The molecule has 0 nitrogen and oxygen atoms in total. The first-order valence-electron chi connectivity index (χ1n) is 8.94. The predicted molar refractivity (Wildman–Crippen MR) is 102 cm³/mol. The fourth-order valence-corrected chi connectivity index (χ4v) is 2.63. The first-order valence-corrected chi connectivity index (χ1v) is 10.1. The Morgan fingerprint density at radius 2 is 1.05 bits per heavy atom. The van der Waals surface area contributed by atoms with E-state index in [-0.39, 0.29) is 0 Å². The average molecular weight is 309 g/mol. The minimum Gasteiger partial charge on any atom is -0.158 e. The molecule has 0 aromatic carbocycles. The van der Waals surface area contributed by atoms with Crippen molar-refractivity contribution in [3.63, 3.8) is 0 Å². The van der Waals surface area contributed by atoms with E-state index in [4.69, 9.17) is 0 Å². The number of hydrogen-bond donors (Lipinski definition) is 0. The summed E-state index contributed by atoms with van der Waals surface area (Å²) in [5.41, 5.74) is 0. The van der Waals surface area contributed by atoms with Crippen molar-refractivity contribution >= 4 is 11.8 Å². The van der Waals surface area contributed by atoms with Gasteiger partial charge in [-0.1, -0.05) is 56.7 Å². The van der Waals surface area contributed by atoms with Crippen molar-refractivity contribution in [1.29, 1.82) is 0 Å². The lowest BCUT2D eigenvalue weighted by Gasteiger charge is -1.96. The van der Waals surface area contributed by atoms with Gasteiger partial charge in [0.1, 0.15) is 0 Å². The van der Waals surface area contributed by atoms with Crippen LogP contribution in [-0.2, 0) is 0 Å². The lowest BCUT2D eigenvalue weighted by molar-refractivity contribution is 0.693. The van der Waals surface area contributed by atoms with Gasteiger partial charge in [0.05, 0.1) is 0 Å². The summed E-state index contributed by atoms with van der Waals surface area (Å²) in [7, 11) is 0. The summed E-state index contributed by atoms with van der Waals surface area (Å²) in [5, 5.41) is 0. The standard InChI is InChI=1S/C20H36S/c1-3-5-6-7-8-9-10-11-12-13-14-15-16-17-18-19-20-21-4-2/h5-6,11-12,18-19H,3-4,7-10,13-17,20H2,1-2H3/b6-5-,12-11-,19-18+. The van der Waals surface area contributed by atoms with Crippen molar-refractivity contribution in [1.82, 2.24) is 0 Å². The zero-order valence-electron chi connectivity index (χ0n) is 14.4. The Hall–Kier alpha value is -0.430. The van der Waals surface area contributed by atoms with Crippen LogP contribution < -0.4 is 0 Å². The van der Waals surface area contributed by atoms with Gasteiger partial charge in [-0.2, -0.15) is 11.8 Å². The molecule has 1 heteroatoms. The molecule has 0 saturated carbocycles. The van der Waals surface area contributed by atoms with E-state index in [9.17, 15) is 0 Å². The molecule has 0 aliphatic rings. The van der Waals surface area contributed by atoms with Gasteiger partial charge in [-0.25, -0.2) is 0 Å². The molecule has 0 aromatic rings. The number of allylic oxidation sites excluding steroid dienone is 5. The van der Waals surface area contributed by atoms with E-state index in [1.807, 2.05) is 11.8 Å². The van der Waals surface area contributed by atoms with Gasteiger partial charge in [-0.15, -0.1) is 0 Å². The molecule has 0 amide bonds. The lowest BCUT2D eigenvalue weighted by atomic mass is 10.1. The first-order chi connectivity index (χ1) is 10.4. The Kier molecular flexibility index (Phi) is 19.2. The van der Waals surface area contributed by atoms with Crippen molar-refractivity contribution in [2.75, 3.05) is 11.5 Å². The van der Waals surface area contributed by atoms with Crippen LogP contribution in [0, 0.1) is 0 Å². The zero-order valence-corrected chi connectivity index (χ0v) is 15.2. The molecule has 0 N–H and O–H groups in total. The minimum absolute atomic E-state index is 1.17. The van der Waals surface area contributed by atoms with E-state index in [2.05, 4.69) is 50.3 Å². The summed E-state index contributed by atoms with van der Waals surface area (Å²) < 4.78 is 0. The third-order valence-corrected chi connectivity index (χ3v) is 4.22. The lowest BCUT2D eigenvalue weighted by Crippen LogP contribution is -1.77. The SMILES string of the molecule is CC/C=C\CCCC/C=C\CCCCC/C=C/CSCC. The molecule has 0 unspecified atom stereocenters. The van der Waals surface area contributed by atoms with Gasteiger partial charge < -0.3 is 0 Å². The van der Waals surface area contributed by atoms with Crippen molar-refractivity contribution in [2.45, 2.75) is 78.1 Å². The minimum atomic E-state index is 1.17. The van der Waals surface area contributed by atoms with Crippen LogP contribution in [0.4, 0.5) is 0 Å². The molecule has 0 atom stereocenters. The fourth-order valence-electron chi connectivity index (χ4n) is 2.12. The summed E-state index contributed by atoms with van der Waals surface area (Å²) in [6.45, 7) is 4.41. The van der Waals surface area contributed by atoms with Gasteiger partial charge in [-0.05, 0) is 63.5 Å². The highest BCUT2D eigenvalue weighted by molar-refractivity contribution is 7.99. The topological polar surface area (TPSA) is 0 Å². The van der Waals surface area contributed by atoms with Crippen molar-refractivity contribution < 1.29 is 0 Å². The van der Waals surface area contributed by atoms with Crippen molar-refractivity contribution in [2.24, 2.45) is 0 Å². The average Bonchev–Trinajstić information content (AvgIpc) is 2.50. The highest BCUT2D eigenvalue weighted by atomic mass is 32.2. The van der Waals surface area contributed by atoms with Crippen LogP contribution >= 0.6 is 11.8 Å². The maximum Gasteiger partial charge on any atom is 0.0113 e. The largest absolute Gasteiger partial charge is 0.158 e. The van der Waals surface area contributed by atoms with E-state index >= 15 is 0 Å². The molecule has 0 radical (unpaired) electrons. The number of rotatable bonds is 15. The summed E-state index contributed by atoms with van der Waals surface area (Å²) in [6, 6.07) is 0. The second-order valence-electron chi connectivity index (χ2n) is 5.40. The second kappa shape index (κ2) is 19.6. The molecule has 0 saturated heterocycles. The fraction of sp³-hybridized carbons (Fsp3) is 0.700. The van der Waals surface area contributed by atoms with E-state index in [1.165, 1.54) is 75.7 Å². The molecular weight excluding hydrogens is 272 g/mol. The molecule has 0 bridgehead atoms. The van der Waals surface area contributed by atoms with Crippen LogP contribution in [-0.4, -0.2) is 11.5 Å². The third kappa shape index (κ3) is 19.6. The molecule has 0 rings (SSSR count).